The highest BCUT2D eigenvalue weighted by Gasteiger charge is 2.16. The number of amides is 2. The van der Waals surface area contributed by atoms with Gasteiger partial charge in [-0.25, -0.2) is 0 Å². The lowest BCUT2D eigenvalue weighted by atomic mass is 10.1. The fourth-order valence-electron chi connectivity index (χ4n) is 2.80. The van der Waals surface area contributed by atoms with Crippen LogP contribution in [0.3, 0.4) is 0 Å². The van der Waals surface area contributed by atoms with E-state index in [-0.39, 0.29) is 17.6 Å². The van der Waals surface area contributed by atoms with E-state index >= 15 is 0 Å². The van der Waals surface area contributed by atoms with Crippen LogP contribution in [-0.2, 0) is 0 Å². The number of furan rings is 1. The fraction of sp³-hybridized carbons (Fsp3) is 0.143. The number of thiophene rings is 1. The molecule has 8 nitrogen and oxygen atoms in total. The van der Waals surface area contributed by atoms with Gasteiger partial charge in [0.2, 0.25) is 11.7 Å². The Hall–Kier alpha value is -3.72. The van der Waals surface area contributed by atoms with Crippen molar-refractivity contribution in [3.63, 3.8) is 0 Å². The molecule has 0 saturated heterocycles. The van der Waals surface area contributed by atoms with Gasteiger partial charge in [-0.05, 0) is 49.7 Å². The average Bonchev–Trinajstić information content (AvgIpc) is 3.45. The van der Waals surface area contributed by atoms with Crippen molar-refractivity contribution in [1.82, 2.24) is 10.1 Å². The molecule has 1 aromatic carbocycles. The lowest BCUT2D eigenvalue weighted by Crippen LogP contribution is -2.15. The first-order valence-electron chi connectivity index (χ1n) is 9.08. The van der Waals surface area contributed by atoms with Crippen molar-refractivity contribution >= 4 is 34.5 Å². The van der Waals surface area contributed by atoms with Crippen LogP contribution < -0.4 is 10.6 Å². The number of carbonyl (C=O) groups excluding carboxylic acids is 2. The van der Waals surface area contributed by atoms with Crippen molar-refractivity contribution in [2.75, 3.05) is 10.6 Å². The molecule has 0 radical (unpaired) electrons. The molecule has 4 aromatic rings. The molecule has 0 unspecified atom stereocenters. The number of aryl methyl sites for hydroxylation is 3. The molecule has 0 fully saturated rings. The van der Waals surface area contributed by atoms with Gasteiger partial charge < -0.3 is 19.6 Å². The molecule has 0 saturated carbocycles. The van der Waals surface area contributed by atoms with E-state index in [9.17, 15) is 9.59 Å². The predicted molar refractivity (Wildman–Crippen MR) is 113 cm³/mol. The molecule has 0 aliphatic carbocycles. The first-order valence-corrected chi connectivity index (χ1v) is 9.90. The first-order chi connectivity index (χ1) is 14.4. The molecule has 4 rings (SSSR count). The molecule has 9 heteroatoms. The maximum absolute atomic E-state index is 12.8. The fourth-order valence-corrected chi connectivity index (χ4v) is 3.70. The second-order valence-corrected chi connectivity index (χ2v) is 7.89. The summed E-state index contributed by atoms with van der Waals surface area (Å²) < 4.78 is 10.1. The molecule has 2 N–H and O–H groups in total. The molecule has 3 heterocycles. The normalized spacial score (nSPS) is 10.8. The lowest BCUT2D eigenvalue weighted by molar-refractivity contribution is 0.0993. The molecular formula is C21H18N4O4S. The van der Waals surface area contributed by atoms with E-state index in [1.807, 2.05) is 19.9 Å². The molecule has 30 heavy (non-hydrogen) atoms. The molecule has 0 aliphatic heterocycles. The summed E-state index contributed by atoms with van der Waals surface area (Å²) in [6.07, 6.45) is 1.43. The molecule has 3 aromatic heterocycles. The summed E-state index contributed by atoms with van der Waals surface area (Å²) in [7, 11) is 0. The van der Waals surface area contributed by atoms with E-state index in [2.05, 4.69) is 20.8 Å². The summed E-state index contributed by atoms with van der Waals surface area (Å²) in [5.41, 5.74) is 2.45. The van der Waals surface area contributed by atoms with E-state index in [1.165, 1.54) is 17.6 Å². The highest BCUT2D eigenvalue weighted by molar-refractivity contribution is 7.16. The predicted octanol–water partition coefficient (Wildman–Crippen LogP) is 4.82. The van der Waals surface area contributed by atoms with Crippen LogP contribution in [0.4, 0.5) is 11.4 Å². The Kier molecular flexibility index (Phi) is 5.20. The van der Waals surface area contributed by atoms with Crippen LogP contribution in [0.25, 0.3) is 10.7 Å². The van der Waals surface area contributed by atoms with E-state index in [4.69, 9.17) is 8.94 Å². The Labute approximate surface area is 175 Å². The van der Waals surface area contributed by atoms with Crippen LogP contribution >= 0.6 is 11.3 Å². The highest BCUT2D eigenvalue weighted by Crippen LogP contribution is 2.33. The first kappa shape index (κ1) is 19.6. The summed E-state index contributed by atoms with van der Waals surface area (Å²) in [6, 6.07) is 10.1. The van der Waals surface area contributed by atoms with Crippen LogP contribution in [0.5, 0.6) is 0 Å². The third-order valence-electron chi connectivity index (χ3n) is 4.41. The summed E-state index contributed by atoms with van der Waals surface area (Å²) in [5.74, 6) is 0.488. The van der Waals surface area contributed by atoms with Gasteiger partial charge in [-0.2, -0.15) is 4.98 Å². The van der Waals surface area contributed by atoms with Gasteiger partial charge in [0.15, 0.2) is 5.76 Å². The van der Waals surface area contributed by atoms with Crippen molar-refractivity contribution in [3.05, 3.63) is 70.3 Å². The largest absolute Gasteiger partial charge is 0.459 e. The summed E-state index contributed by atoms with van der Waals surface area (Å²) in [6.45, 7) is 5.47. The van der Waals surface area contributed by atoms with Crippen LogP contribution in [0.1, 0.15) is 37.2 Å². The van der Waals surface area contributed by atoms with E-state index in [0.717, 1.165) is 15.3 Å². The van der Waals surface area contributed by atoms with Crippen molar-refractivity contribution in [1.29, 1.82) is 0 Å². The Morgan fingerprint density at radius 1 is 1.00 bits per heavy atom. The Balaban J connectivity index is 1.53. The third-order valence-corrected chi connectivity index (χ3v) is 5.45. The minimum absolute atomic E-state index is 0.197. The second-order valence-electron chi connectivity index (χ2n) is 6.63. The lowest BCUT2D eigenvalue weighted by Gasteiger charge is -2.10. The molecule has 0 aliphatic rings. The van der Waals surface area contributed by atoms with Gasteiger partial charge in [0.1, 0.15) is 0 Å². The van der Waals surface area contributed by atoms with Crippen molar-refractivity contribution < 1.29 is 18.5 Å². The number of anilines is 2. The number of nitrogens with one attached hydrogen (secondary N) is 2. The molecule has 0 bridgehead atoms. The number of hydrogen-bond donors (Lipinski definition) is 2. The van der Waals surface area contributed by atoms with Gasteiger partial charge in [0, 0.05) is 23.1 Å². The minimum atomic E-state index is -0.380. The zero-order valence-corrected chi connectivity index (χ0v) is 17.3. The Morgan fingerprint density at radius 2 is 1.80 bits per heavy atom. The van der Waals surface area contributed by atoms with E-state index in [0.29, 0.717) is 28.7 Å². The van der Waals surface area contributed by atoms with Gasteiger partial charge in [-0.15, -0.1) is 11.3 Å². The Morgan fingerprint density at radius 3 is 2.50 bits per heavy atom. The molecular weight excluding hydrogens is 404 g/mol. The molecule has 2 amide bonds. The van der Waals surface area contributed by atoms with Crippen molar-refractivity contribution in [2.24, 2.45) is 0 Å². The topological polar surface area (TPSA) is 110 Å². The number of carbonyl (C=O) groups is 2. The molecule has 0 spiro atoms. The van der Waals surface area contributed by atoms with Gasteiger partial charge in [0.25, 0.3) is 11.8 Å². The minimum Gasteiger partial charge on any atom is -0.459 e. The smallest absolute Gasteiger partial charge is 0.291 e. The van der Waals surface area contributed by atoms with Crippen molar-refractivity contribution in [3.8, 4) is 10.7 Å². The van der Waals surface area contributed by atoms with Gasteiger partial charge in [-0.1, -0.05) is 11.2 Å². The standard InChI is InChI=1S/C21H18N4O4S/c1-11-6-7-14(9-15(11)23-21(27)17-5-4-8-28-17)20(26)24-16-10-18(30-12(16)2)19-22-13(3)29-25-19/h4-10H,1-3H3,(H,23,27)(H,24,26). The third kappa shape index (κ3) is 4.01. The van der Waals surface area contributed by atoms with Gasteiger partial charge in [0.05, 0.1) is 16.8 Å². The summed E-state index contributed by atoms with van der Waals surface area (Å²) >= 11 is 1.46. The number of benzene rings is 1. The quantitative estimate of drug-likeness (QED) is 0.477. The zero-order chi connectivity index (χ0) is 21.3. The van der Waals surface area contributed by atoms with Crippen LogP contribution in [-0.4, -0.2) is 22.0 Å². The van der Waals surface area contributed by atoms with Crippen LogP contribution in [0.15, 0.2) is 51.6 Å². The number of nitrogens with zero attached hydrogens (tertiary/aromatic N) is 2. The van der Waals surface area contributed by atoms with Gasteiger partial charge >= 0.3 is 0 Å². The summed E-state index contributed by atoms with van der Waals surface area (Å²) in [4.78, 5) is 31.0. The van der Waals surface area contributed by atoms with E-state index < -0.39 is 0 Å². The van der Waals surface area contributed by atoms with Crippen LogP contribution in [0.2, 0.25) is 0 Å². The average molecular weight is 422 g/mol. The maximum Gasteiger partial charge on any atom is 0.291 e. The highest BCUT2D eigenvalue weighted by atomic mass is 32.1. The van der Waals surface area contributed by atoms with Gasteiger partial charge in [-0.3, -0.25) is 9.59 Å². The zero-order valence-electron chi connectivity index (χ0n) is 16.5. The SMILES string of the molecule is Cc1nc(-c2cc(NC(=O)c3ccc(C)c(NC(=O)c4ccco4)c3)c(C)s2)no1. The van der Waals surface area contributed by atoms with Crippen molar-refractivity contribution in [2.45, 2.75) is 20.8 Å². The molecule has 152 valence electrons. The Bertz CT molecular complexity index is 1220. The number of hydrogen-bond acceptors (Lipinski definition) is 7. The van der Waals surface area contributed by atoms with Crippen LogP contribution in [0, 0.1) is 20.8 Å². The maximum atomic E-state index is 12.8. The monoisotopic (exact) mass is 422 g/mol. The summed E-state index contributed by atoms with van der Waals surface area (Å²) in [5, 5.41) is 9.59. The number of rotatable bonds is 5. The second kappa shape index (κ2) is 7.96. The molecule has 0 atom stereocenters. The van der Waals surface area contributed by atoms with E-state index in [1.54, 1.807) is 37.3 Å². The number of aromatic nitrogens is 2.